The second kappa shape index (κ2) is 14.9. The number of nitrogens with zero attached hydrogens (tertiary/aromatic N) is 2. The largest absolute Gasteiger partial charge is 0.305 e. The minimum atomic E-state index is -1.23. The summed E-state index contributed by atoms with van der Waals surface area (Å²) in [7, 11) is -1.23. The molecule has 8 rings (SSSR count). The van der Waals surface area contributed by atoms with Crippen LogP contribution in [-0.4, -0.2) is 18.0 Å². The van der Waals surface area contributed by atoms with Crippen molar-refractivity contribution in [2.45, 2.75) is 26.6 Å². The molecular weight excluding hydrogens is 809 g/mol. The van der Waals surface area contributed by atoms with Gasteiger partial charge in [-0.2, -0.15) is 11.3 Å². The molecular formula is C44H36IrN2SSi-2. The van der Waals surface area contributed by atoms with Crippen molar-refractivity contribution in [2.75, 3.05) is 0 Å². The predicted octanol–water partition coefficient (Wildman–Crippen LogP) is 11.7. The van der Waals surface area contributed by atoms with Crippen LogP contribution in [0.1, 0.15) is 5.56 Å². The second-order valence-corrected chi connectivity index (χ2v) is 19.2. The van der Waals surface area contributed by atoms with E-state index in [1.54, 1.807) is 0 Å². The zero-order valence-electron chi connectivity index (χ0n) is 28.0. The van der Waals surface area contributed by atoms with Crippen molar-refractivity contribution in [2.24, 2.45) is 0 Å². The summed E-state index contributed by atoms with van der Waals surface area (Å²) in [5.41, 5.74) is 10.2. The van der Waals surface area contributed by atoms with Crippen molar-refractivity contribution in [3.63, 3.8) is 0 Å². The van der Waals surface area contributed by atoms with E-state index in [0.717, 1.165) is 22.5 Å². The second-order valence-electron chi connectivity index (χ2n) is 13.0. The molecule has 0 aliphatic rings. The van der Waals surface area contributed by atoms with E-state index in [9.17, 15) is 0 Å². The maximum absolute atomic E-state index is 4.70. The number of aromatic nitrogens is 2. The third-order valence-electron chi connectivity index (χ3n) is 8.56. The van der Waals surface area contributed by atoms with Gasteiger partial charge in [0.05, 0.1) is 8.07 Å². The third kappa shape index (κ3) is 7.72. The van der Waals surface area contributed by atoms with Gasteiger partial charge in [0.15, 0.2) is 0 Å². The van der Waals surface area contributed by atoms with Gasteiger partial charge in [-0.3, -0.25) is 0 Å². The molecule has 0 aliphatic carbocycles. The minimum absolute atomic E-state index is 0. The van der Waals surface area contributed by atoms with Gasteiger partial charge in [0.2, 0.25) is 0 Å². The number of aryl methyl sites for hydroxylation is 1. The number of thiophene rings is 1. The summed E-state index contributed by atoms with van der Waals surface area (Å²) < 4.78 is 2.53. The topological polar surface area (TPSA) is 25.8 Å². The van der Waals surface area contributed by atoms with E-state index >= 15 is 0 Å². The van der Waals surface area contributed by atoms with Crippen LogP contribution in [0.15, 0.2) is 146 Å². The van der Waals surface area contributed by atoms with Crippen molar-refractivity contribution in [3.05, 3.63) is 164 Å². The zero-order chi connectivity index (χ0) is 33.1. The van der Waals surface area contributed by atoms with E-state index in [-0.39, 0.29) is 20.1 Å². The molecule has 3 heterocycles. The molecule has 0 unspecified atom stereocenters. The number of benzene rings is 5. The molecule has 2 nitrogen and oxygen atoms in total. The van der Waals surface area contributed by atoms with Gasteiger partial charge in [-0.15, -0.1) is 59.7 Å². The standard InChI is InChI=1S/C30H20NS.C14H16NSi.Ir/c1-20-10-12-22(13-11-20)23-14-15-25-26-8-5-9-27(30(26)32-29(25)19-23)28-18-24(16-17-31-28)21-6-3-2-4-7-21;1-16(2,3)13-9-10-14(15-11-13)12-7-5-4-6-8-12;/h2-8,10-19H,1H3;4-7,9-11H,1-3H3;/q2*-1;. The number of hydrogen-bond donors (Lipinski definition) is 0. The Balaban J connectivity index is 0.000000208. The van der Waals surface area contributed by atoms with Gasteiger partial charge in [0.25, 0.3) is 0 Å². The number of hydrogen-bond acceptors (Lipinski definition) is 3. The molecule has 0 saturated carbocycles. The third-order valence-corrected chi connectivity index (χ3v) is 11.8. The molecule has 0 N–H and O–H groups in total. The number of fused-ring (bicyclic) bond motifs is 3. The quantitative estimate of drug-likeness (QED) is 0.127. The number of pyridine rings is 2. The van der Waals surface area contributed by atoms with Crippen LogP contribution >= 0.6 is 11.3 Å². The van der Waals surface area contributed by atoms with E-state index in [2.05, 4.69) is 141 Å². The fraction of sp³-hybridized carbons (Fsp3) is 0.0909. The van der Waals surface area contributed by atoms with Gasteiger partial charge in [-0.05, 0) is 68.0 Å². The maximum atomic E-state index is 4.70. The van der Waals surface area contributed by atoms with Gasteiger partial charge < -0.3 is 9.97 Å². The Labute approximate surface area is 307 Å². The maximum Gasteiger partial charge on any atom is 0.0795 e. The fourth-order valence-corrected chi connectivity index (χ4v) is 8.07. The van der Waals surface area contributed by atoms with Crippen LogP contribution in [-0.2, 0) is 20.1 Å². The van der Waals surface area contributed by atoms with E-state index in [1.165, 1.54) is 53.2 Å². The van der Waals surface area contributed by atoms with Crippen LogP contribution in [0.3, 0.4) is 0 Å². The summed E-state index contributed by atoms with van der Waals surface area (Å²) in [6.45, 7) is 9.12. The van der Waals surface area contributed by atoms with Crippen molar-refractivity contribution in [1.29, 1.82) is 0 Å². The Bertz CT molecular complexity index is 2310. The Morgan fingerprint density at radius 3 is 2.04 bits per heavy atom. The Morgan fingerprint density at radius 1 is 0.592 bits per heavy atom. The first-order valence-corrected chi connectivity index (χ1v) is 20.5. The molecule has 0 amide bonds. The van der Waals surface area contributed by atoms with Crippen molar-refractivity contribution < 1.29 is 20.1 Å². The molecule has 0 bridgehead atoms. The smallest absolute Gasteiger partial charge is 0.0795 e. The molecule has 0 aliphatic heterocycles. The summed E-state index contributed by atoms with van der Waals surface area (Å²) in [6.07, 6.45) is 3.91. The summed E-state index contributed by atoms with van der Waals surface area (Å²) in [6, 6.07) is 53.3. The van der Waals surface area contributed by atoms with Crippen LogP contribution in [0.25, 0.3) is 64.9 Å². The van der Waals surface area contributed by atoms with Gasteiger partial charge in [0.1, 0.15) is 0 Å². The average molecular weight is 845 g/mol. The summed E-state index contributed by atoms with van der Waals surface area (Å²) in [4.78, 5) is 9.22. The first-order chi connectivity index (χ1) is 23.3. The van der Waals surface area contributed by atoms with Crippen molar-refractivity contribution in [3.8, 4) is 44.8 Å². The van der Waals surface area contributed by atoms with E-state index in [1.807, 2.05) is 60.1 Å². The minimum Gasteiger partial charge on any atom is -0.305 e. The van der Waals surface area contributed by atoms with Gasteiger partial charge in [-0.1, -0.05) is 116 Å². The normalized spacial score (nSPS) is 11.1. The zero-order valence-corrected chi connectivity index (χ0v) is 32.2. The van der Waals surface area contributed by atoms with E-state index < -0.39 is 8.07 Å². The van der Waals surface area contributed by atoms with Gasteiger partial charge in [-0.25, -0.2) is 0 Å². The van der Waals surface area contributed by atoms with Crippen molar-refractivity contribution in [1.82, 2.24) is 9.97 Å². The Morgan fingerprint density at radius 2 is 1.33 bits per heavy atom. The Hall–Kier alpha value is -4.51. The molecule has 8 aromatic rings. The van der Waals surface area contributed by atoms with Gasteiger partial charge in [0, 0.05) is 37.2 Å². The van der Waals surface area contributed by atoms with Crippen LogP contribution < -0.4 is 5.19 Å². The van der Waals surface area contributed by atoms with Crippen LogP contribution in [0.5, 0.6) is 0 Å². The van der Waals surface area contributed by atoms with Crippen LogP contribution in [0.2, 0.25) is 19.6 Å². The molecule has 3 aromatic heterocycles. The van der Waals surface area contributed by atoms with Gasteiger partial charge >= 0.3 is 0 Å². The summed E-state index contributed by atoms with van der Waals surface area (Å²) in [5.74, 6) is 0. The average Bonchev–Trinajstić information content (AvgIpc) is 3.51. The predicted molar refractivity (Wildman–Crippen MR) is 208 cm³/mol. The molecule has 243 valence electrons. The Kier molecular flexibility index (Phi) is 10.5. The molecule has 0 spiro atoms. The molecule has 5 aromatic carbocycles. The van der Waals surface area contributed by atoms with E-state index in [0.29, 0.717) is 0 Å². The molecule has 1 radical (unpaired) electrons. The monoisotopic (exact) mass is 845 g/mol. The first kappa shape index (κ1) is 34.4. The van der Waals surface area contributed by atoms with E-state index in [4.69, 9.17) is 4.98 Å². The van der Waals surface area contributed by atoms with Crippen LogP contribution in [0.4, 0.5) is 0 Å². The summed E-state index contributed by atoms with van der Waals surface area (Å²) in [5, 5.41) is 3.95. The summed E-state index contributed by atoms with van der Waals surface area (Å²) >= 11 is 1.83. The fourth-order valence-electron chi connectivity index (χ4n) is 5.78. The SMILES string of the molecule is C[Si](C)(C)c1ccc(-c2[c-]cccc2)nc1.Cc1ccc(-c2ccc3c(c2)sc2c(-c4cc(-c5ccccc5)ccn4)[c-]ccc23)cc1.[Ir]. The van der Waals surface area contributed by atoms with Crippen LogP contribution in [0, 0.1) is 19.1 Å². The molecule has 5 heteroatoms. The molecule has 0 fully saturated rings. The first-order valence-electron chi connectivity index (χ1n) is 16.2. The molecule has 49 heavy (non-hydrogen) atoms. The number of rotatable bonds is 5. The molecule has 0 saturated heterocycles. The molecule has 0 atom stereocenters. The van der Waals surface area contributed by atoms with Crippen molar-refractivity contribution >= 4 is 44.8 Å².